The first kappa shape index (κ1) is 10.2. The second kappa shape index (κ2) is 3.77. The molecule has 2 heterocycles. The standard InChI is InChI=1S/C14H20N2/c1-12-3-2-4-13(9-12)16-8-6-14(11-16)5-7-15-10-14/h2-4,9,15H,5-8,10-11H2,1H3. The van der Waals surface area contributed by atoms with Crippen LogP contribution in [0.4, 0.5) is 5.69 Å². The van der Waals surface area contributed by atoms with Gasteiger partial charge in [-0.1, -0.05) is 12.1 Å². The largest absolute Gasteiger partial charge is 0.371 e. The first-order chi connectivity index (χ1) is 7.77. The molecule has 3 rings (SSSR count). The molecule has 2 saturated heterocycles. The summed E-state index contributed by atoms with van der Waals surface area (Å²) in [6, 6.07) is 8.89. The van der Waals surface area contributed by atoms with Crippen molar-refractivity contribution in [3.05, 3.63) is 29.8 Å². The molecular formula is C14H20N2. The predicted molar refractivity (Wildman–Crippen MR) is 67.9 cm³/mol. The Bertz CT molecular complexity index is 380. The van der Waals surface area contributed by atoms with Gasteiger partial charge in [-0.25, -0.2) is 0 Å². The normalized spacial score (nSPS) is 29.2. The summed E-state index contributed by atoms with van der Waals surface area (Å²) in [5, 5.41) is 3.51. The average molecular weight is 216 g/mol. The summed E-state index contributed by atoms with van der Waals surface area (Å²) in [7, 11) is 0. The Morgan fingerprint density at radius 1 is 1.31 bits per heavy atom. The maximum Gasteiger partial charge on any atom is 0.0369 e. The van der Waals surface area contributed by atoms with Crippen molar-refractivity contribution < 1.29 is 0 Å². The fourth-order valence-corrected chi connectivity index (χ4v) is 3.12. The molecule has 1 aromatic carbocycles. The van der Waals surface area contributed by atoms with Gasteiger partial charge in [0.05, 0.1) is 0 Å². The molecule has 2 aliphatic heterocycles. The Kier molecular flexibility index (Phi) is 2.40. The highest BCUT2D eigenvalue weighted by atomic mass is 15.2. The van der Waals surface area contributed by atoms with E-state index in [1.54, 1.807) is 0 Å². The number of hydrogen-bond acceptors (Lipinski definition) is 2. The molecule has 16 heavy (non-hydrogen) atoms. The number of benzene rings is 1. The van der Waals surface area contributed by atoms with E-state index < -0.39 is 0 Å². The number of hydrogen-bond donors (Lipinski definition) is 1. The maximum atomic E-state index is 3.51. The highest BCUT2D eigenvalue weighted by Gasteiger charge is 2.40. The average Bonchev–Trinajstić information content (AvgIpc) is 2.90. The first-order valence-corrected chi connectivity index (χ1v) is 6.30. The van der Waals surface area contributed by atoms with Crippen LogP contribution in [0.1, 0.15) is 18.4 Å². The SMILES string of the molecule is Cc1cccc(N2CCC3(CCNC3)C2)c1. The third kappa shape index (κ3) is 1.71. The summed E-state index contributed by atoms with van der Waals surface area (Å²) < 4.78 is 0. The number of aryl methyl sites for hydroxylation is 1. The Labute approximate surface area is 97.6 Å². The van der Waals surface area contributed by atoms with Crippen molar-refractivity contribution in [3.8, 4) is 0 Å². The summed E-state index contributed by atoms with van der Waals surface area (Å²) in [5.74, 6) is 0. The van der Waals surface area contributed by atoms with Crippen LogP contribution in [-0.2, 0) is 0 Å². The number of nitrogens with zero attached hydrogens (tertiary/aromatic N) is 1. The van der Waals surface area contributed by atoms with Gasteiger partial charge in [-0.2, -0.15) is 0 Å². The monoisotopic (exact) mass is 216 g/mol. The van der Waals surface area contributed by atoms with Crippen LogP contribution in [0.15, 0.2) is 24.3 Å². The van der Waals surface area contributed by atoms with Gasteiger partial charge >= 0.3 is 0 Å². The van der Waals surface area contributed by atoms with Crippen LogP contribution in [0, 0.1) is 12.3 Å². The lowest BCUT2D eigenvalue weighted by Crippen LogP contribution is -2.29. The van der Waals surface area contributed by atoms with Crippen molar-refractivity contribution in [2.75, 3.05) is 31.1 Å². The highest BCUT2D eigenvalue weighted by Crippen LogP contribution is 2.38. The maximum absolute atomic E-state index is 3.51. The van der Waals surface area contributed by atoms with Gasteiger partial charge < -0.3 is 10.2 Å². The van der Waals surface area contributed by atoms with Gasteiger partial charge in [0.2, 0.25) is 0 Å². The zero-order valence-corrected chi connectivity index (χ0v) is 10.00. The minimum absolute atomic E-state index is 0.573. The van der Waals surface area contributed by atoms with E-state index in [-0.39, 0.29) is 0 Å². The Morgan fingerprint density at radius 2 is 2.25 bits per heavy atom. The van der Waals surface area contributed by atoms with Crippen LogP contribution in [0.2, 0.25) is 0 Å². The molecule has 1 spiro atoms. The minimum Gasteiger partial charge on any atom is -0.371 e. The lowest BCUT2D eigenvalue weighted by molar-refractivity contribution is 0.369. The van der Waals surface area contributed by atoms with Crippen molar-refractivity contribution in [1.82, 2.24) is 5.32 Å². The molecule has 1 unspecified atom stereocenters. The summed E-state index contributed by atoms with van der Waals surface area (Å²) in [4.78, 5) is 2.56. The molecule has 0 saturated carbocycles. The van der Waals surface area contributed by atoms with Gasteiger partial charge in [0, 0.05) is 30.7 Å². The number of nitrogens with one attached hydrogen (secondary N) is 1. The molecule has 0 radical (unpaired) electrons. The number of rotatable bonds is 1. The van der Waals surface area contributed by atoms with Gasteiger partial charge in [0.25, 0.3) is 0 Å². The molecule has 2 heteroatoms. The molecule has 0 aromatic heterocycles. The topological polar surface area (TPSA) is 15.3 Å². The second-order valence-electron chi connectivity index (χ2n) is 5.44. The molecule has 1 atom stereocenters. The first-order valence-electron chi connectivity index (χ1n) is 6.30. The van der Waals surface area contributed by atoms with Crippen LogP contribution in [0.25, 0.3) is 0 Å². The highest BCUT2D eigenvalue weighted by molar-refractivity contribution is 5.49. The summed E-state index contributed by atoms with van der Waals surface area (Å²) in [6.07, 6.45) is 2.71. The predicted octanol–water partition coefficient (Wildman–Crippen LogP) is 2.18. The molecule has 1 N–H and O–H groups in total. The van der Waals surface area contributed by atoms with Crippen LogP contribution in [0.3, 0.4) is 0 Å². The van der Waals surface area contributed by atoms with Crippen molar-refractivity contribution in [2.24, 2.45) is 5.41 Å². The van der Waals surface area contributed by atoms with Crippen molar-refractivity contribution in [1.29, 1.82) is 0 Å². The Morgan fingerprint density at radius 3 is 3.00 bits per heavy atom. The molecule has 0 aliphatic carbocycles. The van der Waals surface area contributed by atoms with E-state index in [1.165, 1.54) is 50.3 Å². The zero-order valence-electron chi connectivity index (χ0n) is 10.00. The Hall–Kier alpha value is -1.02. The van der Waals surface area contributed by atoms with Crippen LogP contribution < -0.4 is 10.2 Å². The van der Waals surface area contributed by atoms with Crippen LogP contribution in [0.5, 0.6) is 0 Å². The van der Waals surface area contributed by atoms with E-state index in [2.05, 4.69) is 41.4 Å². The molecule has 1 aromatic rings. The van der Waals surface area contributed by atoms with Crippen molar-refractivity contribution >= 4 is 5.69 Å². The molecule has 2 aliphatic rings. The fraction of sp³-hybridized carbons (Fsp3) is 0.571. The molecule has 0 bridgehead atoms. The van der Waals surface area contributed by atoms with Crippen LogP contribution >= 0.6 is 0 Å². The third-order valence-electron chi connectivity index (χ3n) is 4.14. The second-order valence-corrected chi connectivity index (χ2v) is 5.44. The minimum atomic E-state index is 0.573. The summed E-state index contributed by atoms with van der Waals surface area (Å²) in [5.41, 5.74) is 3.34. The van der Waals surface area contributed by atoms with Gasteiger partial charge in [-0.05, 0) is 44.0 Å². The van der Waals surface area contributed by atoms with Crippen molar-refractivity contribution in [2.45, 2.75) is 19.8 Å². The lowest BCUT2D eigenvalue weighted by Gasteiger charge is -2.24. The smallest absolute Gasteiger partial charge is 0.0369 e. The molecule has 2 fully saturated rings. The van der Waals surface area contributed by atoms with E-state index in [1.807, 2.05) is 0 Å². The quantitative estimate of drug-likeness (QED) is 0.774. The van der Waals surface area contributed by atoms with Crippen molar-refractivity contribution in [3.63, 3.8) is 0 Å². The molecular weight excluding hydrogens is 196 g/mol. The summed E-state index contributed by atoms with van der Waals surface area (Å²) in [6.45, 7) is 7.07. The van der Waals surface area contributed by atoms with E-state index >= 15 is 0 Å². The van der Waals surface area contributed by atoms with E-state index in [0.717, 1.165) is 0 Å². The number of anilines is 1. The van der Waals surface area contributed by atoms with Gasteiger partial charge in [-0.15, -0.1) is 0 Å². The third-order valence-corrected chi connectivity index (χ3v) is 4.14. The molecule has 0 amide bonds. The van der Waals surface area contributed by atoms with Crippen LogP contribution in [-0.4, -0.2) is 26.2 Å². The van der Waals surface area contributed by atoms with E-state index in [9.17, 15) is 0 Å². The molecule has 2 nitrogen and oxygen atoms in total. The van der Waals surface area contributed by atoms with Gasteiger partial charge in [0.15, 0.2) is 0 Å². The van der Waals surface area contributed by atoms with E-state index in [0.29, 0.717) is 5.41 Å². The summed E-state index contributed by atoms with van der Waals surface area (Å²) >= 11 is 0. The van der Waals surface area contributed by atoms with Gasteiger partial charge in [0.1, 0.15) is 0 Å². The van der Waals surface area contributed by atoms with Gasteiger partial charge in [-0.3, -0.25) is 0 Å². The van der Waals surface area contributed by atoms with E-state index in [4.69, 9.17) is 0 Å². The fourth-order valence-electron chi connectivity index (χ4n) is 3.12. The zero-order chi connectivity index (χ0) is 11.0. The Balaban J connectivity index is 1.78. The lowest BCUT2D eigenvalue weighted by atomic mass is 9.86. The molecule has 86 valence electrons.